The summed E-state index contributed by atoms with van der Waals surface area (Å²) in [5.74, 6) is 0.460. The van der Waals surface area contributed by atoms with Crippen molar-refractivity contribution in [2.45, 2.75) is 64.8 Å². The van der Waals surface area contributed by atoms with Crippen molar-refractivity contribution in [2.75, 3.05) is 26.3 Å². The van der Waals surface area contributed by atoms with Crippen molar-refractivity contribution in [3.63, 3.8) is 0 Å². The van der Waals surface area contributed by atoms with Gasteiger partial charge in [0.05, 0.1) is 18.1 Å². The van der Waals surface area contributed by atoms with Gasteiger partial charge in [-0.25, -0.2) is 8.42 Å². The molecule has 1 amide bonds. The SMILES string of the molecule is Cc1cc(C)c(S(=O)(=O)N2CCOCC2)cc1C(=O)NC1C(C)(C)[C@@H]2CC[C@@]1(C)C2. The molecule has 1 aromatic rings. The van der Waals surface area contributed by atoms with Gasteiger partial charge in [0.2, 0.25) is 10.0 Å². The number of sulfonamides is 1. The van der Waals surface area contributed by atoms with Crippen LogP contribution in [-0.2, 0) is 14.8 Å². The van der Waals surface area contributed by atoms with E-state index in [9.17, 15) is 13.2 Å². The summed E-state index contributed by atoms with van der Waals surface area (Å²) in [5.41, 5.74) is 2.09. The van der Waals surface area contributed by atoms with E-state index in [1.54, 1.807) is 13.0 Å². The van der Waals surface area contributed by atoms with Crippen molar-refractivity contribution in [1.29, 1.82) is 0 Å². The van der Waals surface area contributed by atoms with E-state index in [0.717, 1.165) is 18.4 Å². The standard InChI is InChI=1S/C23H34N2O4S/c1-15-12-16(2)19(30(27,28)25-8-10-29-11-9-25)13-18(15)20(26)24-21-22(3,4)17-6-7-23(21,5)14-17/h12-13,17,21H,6-11,14H2,1-5H3,(H,24,26)/t17-,21?,23+/m1/s1. The van der Waals surface area contributed by atoms with Crippen LogP contribution in [0.15, 0.2) is 17.0 Å². The zero-order valence-electron chi connectivity index (χ0n) is 18.7. The molecular weight excluding hydrogens is 400 g/mol. The van der Waals surface area contributed by atoms with Gasteiger partial charge in [0.1, 0.15) is 0 Å². The first-order chi connectivity index (χ1) is 14.0. The molecule has 3 fully saturated rings. The number of hydrogen-bond donors (Lipinski definition) is 1. The lowest BCUT2D eigenvalue weighted by Crippen LogP contribution is -2.52. The zero-order chi connectivity index (χ0) is 21.9. The van der Waals surface area contributed by atoms with Crippen LogP contribution in [0.1, 0.15) is 61.5 Å². The van der Waals surface area contributed by atoms with E-state index in [1.165, 1.54) is 10.7 Å². The Labute approximate surface area is 180 Å². The monoisotopic (exact) mass is 434 g/mol. The summed E-state index contributed by atoms with van der Waals surface area (Å²) in [5, 5.41) is 3.31. The number of hydrogen-bond acceptors (Lipinski definition) is 4. The van der Waals surface area contributed by atoms with Gasteiger partial charge in [-0.05, 0) is 67.1 Å². The molecule has 0 aromatic heterocycles. The summed E-state index contributed by atoms with van der Waals surface area (Å²) in [6, 6.07) is 3.49. The van der Waals surface area contributed by atoms with E-state index in [-0.39, 0.29) is 27.7 Å². The van der Waals surface area contributed by atoms with Gasteiger partial charge < -0.3 is 10.1 Å². The number of nitrogens with zero attached hydrogens (tertiary/aromatic N) is 1. The molecule has 3 aliphatic rings. The van der Waals surface area contributed by atoms with E-state index in [2.05, 4.69) is 26.1 Å². The van der Waals surface area contributed by atoms with Crippen LogP contribution in [0, 0.1) is 30.6 Å². The number of aryl methyl sites for hydroxylation is 2. The molecule has 7 heteroatoms. The van der Waals surface area contributed by atoms with E-state index in [0.29, 0.717) is 43.3 Å². The first kappa shape index (κ1) is 21.8. The molecule has 2 aliphatic carbocycles. The highest BCUT2D eigenvalue weighted by Gasteiger charge is 2.59. The second-order valence-electron chi connectivity index (χ2n) is 10.3. The summed E-state index contributed by atoms with van der Waals surface area (Å²) in [6.45, 7) is 11.9. The highest BCUT2D eigenvalue weighted by atomic mass is 32.2. The van der Waals surface area contributed by atoms with Crippen LogP contribution in [0.3, 0.4) is 0 Å². The molecule has 166 valence electrons. The molecule has 1 aromatic carbocycles. The lowest BCUT2D eigenvalue weighted by molar-refractivity contribution is 0.0728. The third-order valence-corrected chi connectivity index (χ3v) is 9.94. The first-order valence-electron chi connectivity index (χ1n) is 11.0. The predicted octanol–water partition coefficient (Wildman–Crippen LogP) is 3.27. The molecule has 1 saturated heterocycles. The van der Waals surface area contributed by atoms with Crippen LogP contribution in [0.5, 0.6) is 0 Å². The average molecular weight is 435 g/mol. The predicted molar refractivity (Wildman–Crippen MR) is 116 cm³/mol. The fraction of sp³-hybridized carbons (Fsp3) is 0.696. The third kappa shape index (κ3) is 3.39. The normalized spacial score (nSPS) is 31.1. The van der Waals surface area contributed by atoms with Crippen molar-refractivity contribution >= 4 is 15.9 Å². The highest BCUT2D eigenvalue weighted by Crippen LogP contribution is 2.62. The Morgan fingerprint density at radius 2 is 1.80 bits per heavy atom. The molecule has 0 spiro atoms. The van der Waals surface area contributed by atoms with E-state index >= 15 is 0 Å². The minimum atomic E-state index is -3.66. The van der Waals surface area contributed by atoms with Gasteiger partial charge in [0, 0.05) is 24.7 Å². The molecule has 6 nitrogen and oxygen atoms in total. The van der Waals surface area contributed by atoms with Crippen LogP contribution >= 0.6 is 0 Å². The molecule has 1 N–H and O–H groups in total. The van der Waals surface area contributed by atoms with Crippen molar-refractivity contribution in [3.8, 4) is 0 Å². The van der Waals surface area contributed by atoms with Gasteiger partial charge in [-0.2, -0.15) is 4.31 Å². The minimum absolute atomic E-state index is 0.0456. The van der Waals surface area contributed by atoms with Crippen molar-refractivity contribution < 1.29 is 17.9 Å². The van der Waals surface area contributed by atoms with Crippen LogP contribution in [0.2, 0.25) is 0 Å². The zero-order valence-corrected chi connectivity index (χ0v) is 19.6. The maximum Gasteiger partial charge on any atom is 0.251 e. The van der Waals surface area contributed by atoms with Crippen molar-refractivity contribution in [2.24, 2.45) is 16.7 Å². The number of carbonyl (C=O) groups excluding carboxylic acids is 1. The van der Waals surface area contributed by atoms with Gasteiger partial charge in [0.25, 0.3) is 5.91 Å². The van der Waals surface area contributed by atoms with E-state index in [4.69, 9.17) is 4.74 Å². The lowest BCUT2D eigenvalue weighted by Gasteiger charge is -2.43. The molecule has 1 aliphatic heterocycles. The molecule has 2 saturated carbocycles. The molecule has 1 heterocycles. The minimum Gasteiger partial charge on any atom is -0.379 e. The third-order valence-electron chi connectivity index (χ3n) is 7.90. The number of carbonyl (C=O) groups is 1. The van der Waals surface area contributed by atoms with Gasteiger partial charge in [-0.3, -0.25) is 4.79 Å². The maximum absolute atomic E-state index is 13.4. The number of rotatable bonds is 4. The summed E-state index contributed by atoms with van der Waals surface area (Å²) < 4.78 is 33.2. The molecule has 3 atom stereocenters. The van der Waals surface area contributed by atoms with Gasteiger partial charge in [-0.15, -0.1) is 0 Å². The van der Waals surface area contributed by atoms with Crippen LogP contribution < -0.4 is 5.32 Å². The lowest BCUT2D eigenvalue weighted by atomic mass is 9.68. The fourth-order valence-electron chi connectivity index (χ4n) is 6.15. The summed E-state index contributed by atoms with van der Waals surface area (Å²) in [4.78, 5) is 13.6. The molecule has 4 rings (SSSR count). The Balaban J connectivity index is 1.65. The van der Waals surface area contributed by atoms with Crippen LogP contribution in [0.4, 0.5) is 0 Å². The number of nitrogens with one attached hydrogen (secondary N) is 1. The summed E-state index contributed by atoms with van der Waals surface area (Å²) in [7, 11) is -3.66. The van der Waals surface area contributed by atoms with Gasteiger partial charge >= 0.3 is 0 Å². The molecule has 30 heavy (non-hydrogen) atoms. The van der Waals surface area contributed by atoms with Gasteiger partial charge in [0.15, 0.2) is 0 Å². The number of fused-ring (bicyclic) bond motifs is 2. The Bertz CT molecular complexity index is 961. The molecule has 2 bridgehead atoms. The maximum atomic E-state index is 13.4. The number of amides is 1. The topological polar surface area (TPSA) is 75.7 Å². The Morgan fingerprint density at radius 1 is 1.13 bits per heavy atom. The van der Waals surface area contributed by atoms with Crippen molar-refractivity contribution in [3.05, 3.63) is 28.8 Å². The summed E-state index contributed by atoms with van der Waals surface area (Å²) in [6.07, 6.45) is 3.51. The molecular formula is C23H34N2O4S. The Morgan fingerprint density at radius 3 is 2.40 bits per heavy atom. The second-order valence-corrected chi connectivity index (χ2v) is 12.2. The van der Waals surface area contributed by atoms with Crippen molar-refractivity contribution in [1.82, 2.24) is 9.62 Å². The quantitative estimate of drug-likeness (QED) is 0.789. The van der Waals surface area contributed by atoms with E-state index < -0.39 is 10.0 Å². The largest absolute Gasteiger partial charge is 0.379 e. The first-order valence-corrected chi connectivity index (χ1v) is 12.4. The van der Waals surface area contributed by atoms with Gasteiger partial charge in [-0.1, -0.05) is 26.8 Å². The molecule has 1 unspecified atom stereocenters. The average Bonchev–Trinajstić information content (AvgIpc) is 3.16. The second kappa shape index (κ2) is 7.31. The highest BCUT2D eigenvalue weighted by molar-refractivity contribution is 7.89. The fourth-order valence-corrected chi connectivity index (χ4v) is 7.79. The van der Waals surface area contributed by atoms with E-state index in [1.807, 2.05) is 13.0 Å². The number of ether oxygens (including phenoxy) is 1. The van der Waals surface area contributed by atoms with Crippen LogP contribution in [0.25, 0.3) is 0 Å². The van der Waals surface area contributed by atoms with Crippen LogP contribution in [-0.4, -0.2) is 51.0 Å². The summed E-state index contributed by atoms with van der Waals surface area (Å²) >= 11 is 0. The Hall–Kier alpha value is -1.44. The number of benzene rings is 1. The number of morpholine rings is 1. The Kier molecular flexibility index (Phi) is 5.31. The molecule has 0 radical (unpaired) electrons. The smallest absolute Gasteiger partial charge is 0.251 e.